The quantitative estimate of drug-likeness (QED) is 0.919. The minimum atomic E-state index is -0.262. The van der Waals surface area contributed by atoms with Gasteiger partial charge in [-0.3, -0.25) is 4.79 Å². The minimum absolute atomic E-state index is 0. The molecule has 0 aromatic heterocycles. The fourth-order valence-corrected chi connectivity index (χ4v) is 3.40. The molecule has 1 aliphatic carbocycles. The maximum absolute atomic E-state index is 12.9. The summed E-state index contributed by atoms with van der Waals surface area (Å²) < 4.78 is 18.7. The van der Waals surface area contributed by atoms with Gasteiger partial charge in [-0.15, -0.1) is 12.4 Å². The summed E-state index contributed by atoms with van der Waals surface area (Å²) in [6, 6.07) is 6.28. The average Bonchev–Trinajstić information content (AvgIpc) is 2.96. The number of carbonyl (C=O) groups excluding carboxylic acids is 1. The van der Waals surface area contributed by atoms with Crippen molar-refractivity contribution in [3.63, 3.8) is 0 Å². The number of nitrogens with two attached hydrogens (primary N) is 1. The summed E-state index contributed by atoms with van der Waals surface area (Å²) in [4.78, 5) is 14.4. The number of nitrogens with zero attached hydrogens (tertiary/aromatic N) is 1. The van der Waals surface area contributed by atoms with Crippen LogP contribution in [0.5, 0.6) is 5.75 Å². The lowest BCUT2D eigenvalue weighted by atomic mass is 10.0. The lowest BCUT2D eigenvalue weighted by Gasteiger charge is -2.33. The van der Waals surface area contributed by atoms with Crippen LogP contribution >= 0.6 is 12.4 Å². The van der Waals surface area contributed by atoms with E-state index in [-0.39, 0.29) is 42.2 Å². The van der Waals surface area contributed by atoms with E-state index < -0.39 is 0 Å². The molecule has 2 N–H and O–H groups in total. The maximum atomic E-state index is 12.9. The van der Waals surface area contributed by atoms with Crippen molar-refractivity contribution in [1.82, 2.24) is 4.90 Å². The van der Waals surface area contributed by atoms with Crippen LogP contribution in [0.3, 0.4) is 0 Å². The molecule has 23 heavy (non-hydrogen) atoms. The second kappa shape index (κ2) is 7.97. The van der Waals surface area contributed by atoms with Crippen molar-refractivity contribution in [3.8, 4) is 5.75 Å². The van der Waals surface area contributed by atoms with Gasteiger partial charge in [-0.05, 0) is 43.5 Å². The van der Waals surface area contributed by atoms with Gasteiger partial charge >= 0.3 is 0 Å². The number of piperidine rings is 1. The van der Waals surface area contributed by atoms with Crippen molar-refractivity contribution in [3.05, 3.63) is 30.1 Å². The minimum Gasteiger partial charge on any atom is -0.490 e. The Morgan fingerprint density at radius 2 is 1.78 bits per heavy atom. The van der Waals surface area contributed by atoms with Crippen molar-refractivity contribution in [2.75, 3.05) is 13.1 Å². The summed E-state index contributed by atoms with van der Waals surface area (Å²) in [6.45, 7) is 1.47. The number of hydrogen-bond donors (Lipinski definition) is 1. The van der Waals surface area contributed by atoms with Gasteiger partial charge in [0.05, 0.1) is 0 Å². The first-order valence-corrected chi connectivity index (χ1v) is 8.08. The zero-order valence-electron chi connectivity index (χ0n) is 13.1. The predicted octanol–water partition coefficient (Wildman–Crippen LogP) is 2.74. The SMILES string of the molecule is Cl.NC1CCC(C(=O)N2CCC(Oc3ccc(F)cc3)CC2)C1. The van der Waals surface area contributed by atoms with Gasteiger partial charge in [0.25, 0.3) is 0 Å². The molecule has 2 aliphatic rings. The van der Waals surface area contributed by atoms with E-state index in [1.165, 1.54) is 12.1 Å². The molecule has 0 spiro atoms. The number of halogens is 2. The normalized spacial score (nSPS) is 25.0. The van der Waals surface area contributed by atoms with E-state index in [2.05, 4.69) is 0 Å². The predicted molar refractivity (Wildman–Crippen MR) is 89.2 cm³/mol. The zero-order chi connectivity index (χ0) is 15.5. The van der Waals surface area contributed by atoms with Gasteiger partial charge < -0.3 is 15.4 Å². The van der Waals surface area contributed by atoms with E-state index in [1.54, 1.807) is 12.1 Å². The number of benzene rings is 1. The highest BCUT2D eigenvalue weighted by molar-refractivity contribution is 5.85. The van der Waals surface area contributed by atoms with E-state index in [9.17, 15) is 9.18 Å². The van der Waals surface area contributed by atoms with Gasteiger partial charge in [0.2, 0.25) is 5.91 Å². The van der Waals surface area contributed by atoms with Crippen LogP contribution in [0, 0.1) is 11.7 Å². The van der Waals surface area contributed by atoms with Crippen molar-refractivity contribution in [2.45, 2.75) is 44.2 Å². The summed E-state index contributed by atoms with van der Waals surface area (Å²) in [6.07, 6.45) is 4.45. The van der Waals surface area contributed by atoms with Gasteiger partial charge in [0.1, 0.15) is 17.7 Å². The van der Waals surface area contributed by atoms with E-state index in [4.69, 9.17) is 10.5 Å². The maximum Gasteiger partial charge on any atom is 0.225 e. The fraction of sp³-hybridized carbons (Fsp3) is 0.588. The van der Waals surface area contributed by atoms with Crippen LogP contribution in [0.25, 0.3) is 0 Å². The molecule has 128 valence electrons. The molecular formula is C17H24ClFN2O2. The molecule has 1 aromatic rings. The molecule has 3 rings (SSSR count). The van der Waals surface area contributed by atoms with E-state index in [0.717, 1.165) is 45.2 Å². The molecule has 0 bridgehead atoms. The second-order valence-electron chi connectivity index (χ2n) is 6.37. The summed E-state index contributed by atoms with van der Waals surface area (Å²) in [5.41, 5.74) is 5.89. The first-order valence-electron chi connectivity index (χ1n) is 8.08. The van der Waals surface area contributed by atoms with Crippen LogP contribution in [0.1, 0.15) is 32.1 Å². The average molecular weight is 343 g/mol. The molecule has 2 atom stereocenters. The molecule has 6 heteroatoms. The van der Waals surface area contributed by atoms with E-state index in [1.807, 2.05) is 4.90 Å². The molecule has 2 unspecified atom stereocenters. The number of rotatable bonds is 3. The third-order valence-corrected chi connectivity index (χ3v) is 4.69. The smallest absolute Gasteiger partial charge is 0.225 e. The van der Waals surface area contributed by atoms with Crippen LogP contribution in [0.4, 0.5) is 4.39 Å². The number of ether oxygens (including phenoxy) is 1. The Kier molecular flexibility index (Phi) is 6.25. The van der Waals surface area contributed by atoms with Crippen LogP contribution in [0.15, 0.2) is 24.3 Å². The first-order chi connectivity index (χ1) is 10.6. The Hall–Kier alpha value is -1.33. The van der Waals surface area contributed by atoms with E-state index >= 15 is 0 Å². The van der Waals surface area contributed by atoms with Crippen LogP contribution in [0.2, 0.25) is 0 Å². The second-order valence-corrected chi connectivity index (χ2v) is 6.37. The Morgan fingerprint density at radius 1 is 1.13 bits per heavy atom. The largest absolute Gasteiger partial charge is 0.490 e. The highest BCUT2D eigenvalue weighted by atomic mass is 35.5. The number of amides is 1. The molecular weight excluding hydrogens is 319 g/mol. The number of hydrogen-bond acceptors (Lipinski definition) is 3. The molecule has 1 aromatic carbocycles. The van der Waals surface area contributed by atoms with Crippen LogP contribution < -0.4 is 10.5 Å². The Labute approximate surface area is 142 Å². The number of carbonyl (C=O) groups is 1. The molecule has 1 saturated carbocycles. The third kappa shape index (κ3) is 4.58. The Bertz CT molecular complexity index is 518. The lowest BCUT2D eigenvalue weighted by molar-refractivity contribution is -0.137. The monoisotopic (exact) mass is 342 g/mol. The summed E-state index contributed by atoms with van der Waals surface area (Å²) in [5.74, 6) is 0.799. The molecule has 4 nitrogen and oxygen atoms in total. The Balaban J connectivity index is 0.00000192. The molecule has 2 fully saturated rings. The van der Waals surface area contributed by atoms with Gasteiger partial charge in [-0.25, -0.2) is 4.39 Å². The molecule has 1 amide bonds. The van der Waals surface area contributed by atoms with Gasteiger partial charge in [-0.1, -0.05) is 0 Å². The lowest BCUT2D eigenvalue weighted by Crippen LogP contribution is -2.44. The van der Waals surface area contributed by atoms with Gasteiger partial charge in [0.15, 0.2) is 0 Å². The molecule has 0 radical (unpaired) electrons. The van der Waals surface area contributed by atoms with Crippen molar-refractivity contribution in [2.24, 2.45) is 11.7 Å². The fourth-order valence-electron chi connectivity index (χ4n) is 3.40. The standard InChI is InChI=1S/C17H23FN2O2.ClH/c18-13-2-5-15(6-3-13)22-16-7-9-20(10-8-16)17(21)12-1-4-14(19)11-12;/h2-3,5-6,12,14,16H,1,4,7-11,19H2;1H. The topological polar surface area (TPSA) is 55.6 Å². The first kappa shape index (κ1) is 18.0. The van der Waals surface area contributed by atoms with Crippen molar-refractivity contribution >= 4 is 18.3 Å². The van der Waals surface area contributed by atoms with E-state index in [0.29, 0.717) is 5.75 Å². The van der Waals surface area contributed by atoms with Crippen LogP contribution in [-0.4, -0.2) is 36.0 Å². The Morgan fingerprint density at radius 3 is 2.35 bits per heavy atom. The highest BCUT2D eigenvalue weighted by Crippen LogP contribution is 2.28. The van der Waals surface area contributed by atoms with Crippen LogP contribution in [-0.2, 0) is 4.79 Å². The number of likely N-dealkylation sites (tertiary alicyclic amines) is 1. The zero-order valence-corrected chi connectivity index (χ0v) is 13.9. The third-order valence-electron chi connectivity index (χ3n) is 4.69. The van der Waals surface area contributed by atoms with Crippen molar-refractivity contribution in [1.29, 1.82) is 0 Å². The summed E-state index contributed by atoms with van der Waals surface area (Å²) in [5, 5.41) is 0. The molecule has 1 aliphatic heterocycles. The van der Waals surface area contributed by atoms with Gasteiger partial charge in [-0.2, -0.15) is 0 Å². The summed E-state index contributed by atoms with van der Waals surface area (Å²) >= 11 is 0. The van der Waals surface area contributed by atoms with Crippen molar-refractivity contribution < 1.29 is 13.9 Å². The molecule has 1 heterocycles. The van der Waals surface area contributed by atoms with Gasteiger partial charge in [0, 0.05) is 37.9 Å². The highest BCUT2D eigenvalue weighted by Gasteiger charge is 2.33. The summed E-state index contributed by atoms with van der Waals surface area (Å²) in [7, 11) is 0. The molecule has 1 saturated heterocycles.